The van der Waals surface area contributed by atoms with Gasteiger partial charge in [-0.05, 0) is 43.5 Å². The molecule has 0 radical (unpaired) electrons. The number of hydrogen-bond acceptors (Lipinski definition) is 4. The highest BCUT2D eigenvalue weighted by Crippen LogP contribution is 2.27. The van der Waals surface area contributed by atoms with E-state index in [4.69, 9.17) is 21.4 Å². The molecule has 1 aromatic carbocycles. The van der Waals surface area contributed by atoms with Crippen LogP contribution in [0.3, 0.4) is 0 Å². The van der Waals surface area contributed by atoms with Crippen molar-refractivity contribution in [3.63, 3.8) is 0 Å². The zero-order valence-corrected chi connectivity index (χ0v) is 16.9. The first-order valence-corrected chi connectivity index (χ1v) is 9.97. The van der Waals surface area contributed by atoms with Crippen molar-refractivity contribution in [3.05, 3.63) is 29.0 Å². The van der Waals surface area contributed by atoms with Gasteiger partial charge in [0.15, 0.2) is 0 Å². The molecule has 0 aromatic heterocycles. The van der Waals surface area contributed by atoms with Crippen LogP contribution in [0.25, 0.3) is 0 Å². The molecule has 1 aliphatic rings. The van der Waals surface area contributed by atoms with Crippen LogP contribution in [0.1, 0.15) is 26.7 Å². The first-order chi connectivity index (χ1) is 12.9. The molecule has 152 valence electrons. The third kappa shape index (κ3) is 7.28. The molecule has 7 heteroatoms. The Hall–Kier alpha value is -1.37. The molecular formula is C20H30ClFN2O3. The number of ether oxygens (including phenoxy) is 1. The van der Waals surface area contributed by atoms with Crippen molar-refractivity contribution in [1.82, 2.24) is 4.90 Å². The summed E-state index contributed by atoms with van der Waals surface area (Å²) in [6.45, 7) is 9.10. The van der Waals surface area contributed by atoms with E-state index in [0.29, 0.717) is 37.2 Å². The van der Waals surface area contributed by atoms with Crippen LogP contribution < -0.4 is 4.90 Å². The maximum Gasteiger partial charge on any atom is 0.307 e. The van der Waals surface area contributed by atoms with E-state index in [1.165, 1.54) is 12.1 Å². The Bertz CT molecular complexity index is 615. The number of benzene rings is 1. The Kier molecular flexibility index (Phi) is 8.80. The average molecular weight is 401 g/mol. The number of carboxylic acids is 1. The zero-order valence-electron chi connectivity index (χ0n) is 16.2. The third-order valence-corrected chi connectivity index (χ3v) is 5.05. The Labute approximate surface area is 166 Å². The molecule has 5 nitrogen and oxygen atoms in total. The van der Waals surface area contributed by atoms with E-state index in [0.717, 1.165) is 38.2 Å². The fraction of sp³-hybridized carbons (Fsp3) is 0.650. The Morgan fingerprint density at radius 3 is 2.89 bits per heavy atom. The predicted octanol–water partition coefficient (Wildman–Crippen LogP) is 3.75. The normalized spacial score (nSPS) is 18.0. The monoisotopic (exact) mass is 400 g/mol. The molecule has 1 heterocycles. The fourth-order valence-corrected chi connectivity index (χ4v) is 3.71. The summed E-state index contributed by atoms with van der Waals surface area (Å²) in [5, 5.41) is 9.55. The third-order valence-electron chi connectivity index (χ3n) is 4.75. The van der Waals surface area contributed by atoms with Crippen molar-refractivity contribution in [2.75, 3.05) is 50.8 Å². The van der Waals surface area contributed by atoms with E-state index in [2.05, 4.69) is 23.6 Å². The van der Waals surface area contributed by atoms with Gasteiger partial charge in [0.05, 0.1) is 29.8 Å². The Balaban J connectivity index is 1.77. The van der Waals surface area contributed by atoms with Crippen LogP contribution >= 0.6 is 11.6 Å². The van der Waals surface area contributed by atoms with Gasteiger partial charge < -0.3 is 19.6 Å². The number of piperidine rings is 1. The first kappa shape index (κ1) is 21.9. The summed E-state index contributed by atoms with van der Waals surface area (Å²) in [6, 6.07) is 4.46. The highest BCUT2D eigenvalue weighted by atomic mass is 35.5. The molecule has 1 saturated heterocycles. The number of carboxylic acid groups (broad SMARTS) is 1. The van der Waals surface area contributed by atoms with Crippen molar-refractivity contribution in [2.24, 2.45) is 11.8 Å². The second-order valence-electron chi connectivity index (χ2n) is 7.53. The highest BCUT2D eigenvalue weighted by Gasteiger charge is 2.24. The molecule has 0 saturated carbocycles. The Morgan fingerprint density at radius 1 is 1.44 bits per heavy atom. The van der Waals surface area contributed by atoms with Crippen LogP contribution in [0.2, 0.25) is 5.02 Å². The number of nitrogens with zero attached hydrogens (tertiary/aromatic N) is 2. The molecule has 27 heavy (non-hydrogen) atoms. The summed E-state index contributed by atoms with van der Waals surface area (Å²) >= 11 is 6.21. The number of aliphatic carboxylic acids is 1. The van der Waals surface area contributed by atoms with Crippen LogP contribution in [-0.4, -0.2) is 61.9 Å². The molecule has 1 fully saturated rings. The van der Waals surface area contributed by atoms with E-state index >= 15 is 0 Å². The molecule has 0 spiro atoms. The number of carbonyl (C=O) groups is 1. The lowest BCUT2D eigenvalue weighted by Gasteiger charge is -2.30. The summed E-state index contributed by atoms with van der Waals surface area (Å²) in [6.07, 6.45) is 1.68. The largest absolute Gasteiger partial charge is 0.481 e. The SMILES string of the molecule is CC(C)CN(CCOCCN1CCC[C@@H](C(=O)O)C1)c1ccc(F)cc1Cl. The molecular weight excluding hydrogens is 371 g/mol. The topological polar surface area (TPSA) is 53.0 Å². The summed E-state index contributed by atoms with van der Waals surface area (Å²) in [5.74, 6) is -0.875. The zero-order chi connectivity index (χ0) is 19.8. The van der Waals surface area contributed by atoms with Gasteiger partial charge in [-0.3, -0.25) is 4.79 Å². The van der Waals surface area contributed by atoms with Gasteiger partial charge in [-0.25, -0.2) is 4.39 Å². The molecule has 0 aliphatic carbocycles. The second kappa shape index (κ2) is 10.8. The quantitative estimate of drug-likeness (QED) is 0.606. The van der Waals surface area contributed by atoms with Gasteiger partial charge in [-0.15, -0.1) is 0 Å². The van der Waals surface area contributed by atoms with Crippen LogP contribution in [0.5, 0.6) is 0 Å². The van der Waals surface area contributed by atoms with Crippen molar-refractivity contribution in [1.29, 1.82) is 0 Å². The number of anilines is 1. The molecule has 1 N–H and O–H groups in total. The van der Waals surface area contributed by atoms with Crippen LogP contribution in [-0.2, 0) is 9.53 Å². The van der Waals surface area contributed by atoms with Crippen molar-refractivity contribution < 1.29 is 19.0 Å². The van der Waals surface area contributed by atoms with E-state index in [1.807, 2.05) is 0 Å². The summed E-state index contributed by atoms with van der Waals surface area (Å²) in [5.41, 5.74) is 0.815. The lowest BCUT2D eigenvalue weighted by atomic mass is 9.98. The van der Waals surface area contributed by atoms with E-state index in [9.17, 15) is 9.18 Å². The van der Waals surface area contributed by atoms with Crippen LogP contribution in [0.4, 0.5) is 10.1 Å². The number of hydrogen-bond donors (Lipinski definition) is 1. The summed E-state index contributed by atoms with van der Waals surface area (Å²) in [7, 11) is 0. The molecule has 0 amide bonds. The number of halogens is 2. The van der Waals surface area contributed by atoms with Crippen molar-refractivity contribution in [3.8, 4) is 0 Å². The number of rotatable bonds is 10. The lowest BCUT2D eigenvalue weighted by molar-refractivity contribution is -0.143. The van der Waals surface area contributed by atoms with E-state index < -0.39 is 5.97 Å². The van der Waals surface area contributed by atoms with Gasteiger partial charge in [0.2, 0.25) is 0 Å². The molecule has 2 rings (SSSR count). The molecule has 0 bridgehead atoms. The van der Waals surface area contributed by atoms with Gasteiger partial charge in [0.25, 0.3) is 0 Å². The van der Waals surface area contributed by atoms with Crippen molar-refractivity contribution >= 4 is 23.3 Å². The summed E-state index contributed by atoms with van der Waals surface area (Å²) in [4.78, 5) is 15.4. The molecule has 1 aliphatic heterocycles. The maximum atomic E-state index is 13.3. The molecule has 1 aromatic rings. The first-order valence-electron chi connectivity index (χ1n) is 9.59. The maximum absolute atomic E-state index is 13.3. The Morgan fingerprint density at radius 2 is 2.22 bits per heavy atom. The minimum Gasteiger partial charge on any atom is -0.481 e. The van der Waals surface area contributed by atoms with Crippen LogP contribution in [0.15, 0.2) is 18.2 Å². The summed E-state index contributed by atoms with van der Waals surface area (Å²) < 4.78 is 19.1. The van der Waals surface area contributed by atoms with Gasteiger partial charge >= 0.3 is 5.97 Å². The van der Waals surface area contributed by atoms with Gasteiger partial charge in [-0.1, -0.05) is 25.4 Å². The smallest absolute Gasteiger partial charge is 0.307 e. The standard InChI is InChI=1S/C20H30ClFN2O3/c1-15(2)13-24(19-6-5-17(22)12-18(19)21)9-11-27-10-8-23-7-3-4-16(14-23)20(25)26/h5-6,12,15-16H,3-4,7-11,13-14H2,1-2H3,(H,25,26)/t16-/m1/s1. The van der Waals surface area contributed by atoms with Crippen LogP contribution in [0, 0.1) is 17.7 Å². The second-order valence-corrected chi connectivity index (χ2v) is 7.93. The van der Waals surface area contributed by atoms with Gasteiger partial charge in [-0.2, -0.15) is 0 Å². The average Bonchev–Trinajstić information content (AvgIpc) is 2.60. The fourth-order valence-electron chi connectivity index (χ4n) is 3.42. The van der Waals surface area contributed by atoms with E-state index in [1.54, 1.807) is 6.07 Å². The minimum atomic E-state index is -0.707. The predicted molar refractivity (Wildman–Crippen MR) is 106 cm³/mol. The number of likely N-dealkylation sites (tertiary alicyclic amines) is 1. The molecule has 0 unspecified atom stereocenters. The van der Waals surface area contributed by atoms with Gasteiger partial charge in [0.1, 0.15) is 5.82 Å². The lowest BCUT2D eigenvalue weighted by Crippen LogP contribution is -2.40. The van der Waals surface area contributed by atoms with E-state index in [-0.39, 0.29) is 11.7 Å². The minimum absolute atomic E-state index is 0.263. The molecule has 1 atom stereocenters. The van der Waals surface area contributed by atoms with Crippen molar-refractivity contribution in [2.45, 2.75) is 26.7 Å². The highest BCUT2D eigenvalue weighted by molar-refractivity contribution is 6.33. The van der Waals surface area contributed by atoms with Gasteiger partial charge in [0, 0.05) is 26.2 Å².